The van der Waals surface area contributed by atoms with Gasteiger partial charge in [-0.3, -0.25) is 9.69 Å². The third kappa shape index (κ3) is 4.06. The van der Waals surface area contributed by atoms with Crippen molar-refractivity contribution in [3.8, 4) is 0 Å². The summed E-state index contributed by atoms with van der Waals surface area (Å²) in [7, 11) is 1.62. The van der Waals surface area contributed by atoms with Gasteiger partial charge >= 0.3 is 6.09 Å². The van der Waals surface area contributed by atoms with Gasteiger partial charge in [0, 0.05) is 18.4 Å². The average Bonchev–Trinajstić information content (AvgIpc) is 3.08. The van der Waals surface area contributed by atoms with Gasteiger partial charge in [0.15, 0.2) is 0 Å². The molecule has 0 saturated carbocycles. The number of aromatic nitrogens is 3. The highest BCUT2D eigenvalue weighted by atomic mass is 16.6. The summed E-state index contributed by atoms with van der Waals surface area (Å²) in [5.74, 6) is -0.206. The zero-order chi connectivity index (χ0) is 16.8. The van der Waals surface area contributed by atoms with Crippen molar-refractivity contribution in [3.63, 3.8) is 0 Å². The van der Waals surface area contributed by atoms with Crippen LogP contribution in [0.1, 0.15) is 19.9 Å². The predicted molar refractivity (Wildman–Crippen MR) is 85.2 cm³/mol. The summed E-state index contributed by atoms with van der Waals surface area (Å²) in [5.41, 5.74) is 1.30. The topological polar surface area (TPSA) is 89.4 Å². The molecule has 0 aliphatic carbocycles. The van der Waals surface area contributed by atoms with Gasteiger partial charge in [0.1, 0.15) is 18.7 Å². The molecule has 2 amide bonds. The number of rotatable bonds is 5. The van der Waals surface area contributed by atoms with Crippen molar-refractivity contribution < 1.29 is 14.3 Å². The summed E-state index contributed by atoms with van der Waals surface area (Å²) < 4.78 is 6.40. The van der Waals surface area contributed by atoms with Gasteiger partial charge in [0.25, 0.3) is 0 Å². The fourth-order valence-electron chi connectivity index (χ4n) is 1.88. The second-order valence-corrected chi connectivity index (χ2v) is 4.85. The molecule has 0 aliphatic heterocycles. The first kappa shape index (κ1) is 16.5. The van der Waals surface area contributed by atoms with E-state index in [0.717, 1.165) is 0 Å². The summed E-state index contributed by atoms with van der Waals surface area (Å²) in [6, 6.07) is 6.42. The molecule has 1 aromatic carbocycles. The molecule has 1 unspecified atom stereocenters. The molecule has 1 N–H and O–H groups in total. The van der Waals surface area contributed by atoms with Crippen molar-refractivity contribution in [2.75, 3.05) is 23.9 Å². The van der Waals surface area contributed by atoms with E-state index in [9.17, 15) is 9.59 Å². The molecule has 0 aliphatic rings. The molecule has 122 valence electrons. The van der Waals surface area contributed by atoms with Crippen LogP contribution < -0.4 is 10.2 Å². The standard InChI is InChI=1S/C15H19N5O3/c1-4-23-15(22)19(3)13-7-5-12(6-8-13)18-14(21)11(2)20-10-16-9-17-20/h5-11H,4H2,1-3H3,(H,18,21). The number of benzene rings is 1. The lowest BCUT2D eigenvalue weighted by atomic mass is 10.2. The summed E-state index contributed by atoms with van der Waals surface area (Å²) >= 11 is 0. The SMILES string of the molecule is CCOC(=O)N(C)c1ccc(NC(=O)C(C)n2cncn2)cc1. The largest absolute Gasteiger partial charge is 0.449 e. The lowest BCUT2D eigenvalue weighted by Crippen LogP contribution is -2.27. The van der Waals surface area contributed by atoms with Gasteiger partial charge in [-0.1, -0.05) is 0 Å². The van der Waals surface area contributed by atoms with E-state index in [0.29, 0.717) is 18.0 Å². The predicted octanol–water partition coefficient (Wildman–Crippen LogP) is 2.07. The molecule has 0 fully saturated rings. The van der Waals surface area contributed by atoms with Gasteiger partial charge in [-0.2, -0.15) is 5.10 Å². The zero-order valence-corrected chi connectivity index (χ0v) is 13.3. The third-order valence-corrected chi connectivity index (χ3v) is 3.28. The molecule has 1 heterocycles. The number of carbonyl (C=O) groups excluding carboxylic acids is 2. The van der Waals surface area contributed by atoms with Gasteiger partial charge in [0.05, 0.1) is 6.61 Å². The van der Waals surface area contributed by atoms with Crippen LogP contribution in [0.25, 0.3) is 0 Å². The molecular weight excluding hydrogens is 298 g/mol. The smallest absolute Gasteiger partial charge is 0.413 e. The number of amides is 2. The Morgan fingerprint density at radius 2 is 2.04 bits per heavy atom. The van der Waals surface area contributed by atoms with E-state index in [2.05, 4.69) is 15.4 Å². The molecule has 0 spiro atoms. The molecule has 8 heteroatoms. The number of hydrogen-bond donors (Lipinski definition) is 1. The Bertz CT molecular complexity index is 654. The van der Waals surface area contributed by atoms with Gasteiger partial charge in [0.2, 0.25) is 5.91 Å². The maximum Gasteiger partial charge on any atom is 0.413 e. The molecule has 0 saturated heterocycles. The summed E-state index contributed by atoms with van der Waals surface area (Å²) in [5, 5.41) is 6.73. The first-order valence-corrected chi connectivity index (χ1v) is 7.18. The van der Waals surface area contributed by atoms with Gasteiger partial charge in [-0.05, 0) is 38.1 Å². The maximum absolute atomic E-state index is 12.1. The molecule has 0 bridgehead atoms. The number of nitrogens with zero attached hydrogens (tertiary/aromatic N) is 4. The van der Waals surface area contributed by atoms with Crippen molar-refractivity contribution in [2.45, 2.75) is 19.9 Å². The third-order valence-electron chi connectivity index (χ3n) is 3.28. The fourth-order valence-corrected chi connectivity index (χ4v) is 1.88. The van der Waals surface area contributed by atoms with Crippen molar-refractivity contribution in [3.05, 3.63) is 36.9 Å². The molecule has 2 aromatic rings. The van der Waals surface area contributed by atoms with E-state index >= 15 is 0 Å². The van der Waals surface area contributed by atoms with Crippen molar-refractivity contribution in [1.29, 1.82) is 0 Å². The minimum absolute atomic E-state index is 0.206. The Kier molecular flexibility index (Phi) is 5.29. The van der Waals surface area contributed by atoms with Crippen molar-refractivity contribution in [2.24, 2.45) is 0 Å². The fraction of sp³-hybridized carbons (Fsp3) is 0.333. The van der Waals surface area contributed by atoms with Crippen LogP contribution in [0.3, 0.4) is 0 Å². The number of anilines is 2. The molecular formula is C15H19N5O3. The Labute approximate surface area is 134 Å². The van der Waals surface area contributed by atoms with E-state index < -0.39 is 12.1 Å². The highest BCUT2D eigenvalue weighted by Gasteiger charge is 2.16. The number of ether oxygens (including phenoxy) is 1. The lowest BCUT2D eigenvalue weighted by molar-refractivity contribution is -0.119. The summed E-state index contributed by atoms with van der Waals surface area (Å²) in [6.07, 6.45) is 2.44. The molecule has 0 radical (unpaired) electrons. The van der Waals surface area contributed by atoms with Crippen LogP contribution in [0.15, 0.2) is 36.9 Å². The quantitative estimate of drug-likeness (QED) is 0.912. The molecule has 1 atom stereocenters. The van der Waals surface area contributed by atoms with E-state index in [1.54, 1.807) is 45.2 Å². The molecule has 2 rings (SSSR count). The van der Waals surface area contributed by atoms with Crippen LogP contribution in [-0.2, 0) is 9.53 Å². The van der Waals surface area contributed by atoms with Crippen LogP contribution >= 0.6 is 0 Å². The van der Waals surface area contributed by atoms with E-state index in [1.807, 2.05) is 0 Å². The highest BCUT2D eigenvalue weighted by Crippen LogP contribution is 2.18. The Morgan fingerprint density at radius 3 is 2.61 bits per heavy atom. The van der Waals surface area contributed by atoms with E-state index in [4.69, 9.17) is 4.74 Å². The van der Waals surface area contributed by atoms with Crippen LogP contribution in [0.2, 0.25) is 0 Å². The zero-order valence-electron chi connectivity index (χ0n) is 13.3. The number of nitrogens with one attached hydrogen (secondary N) is 1. The first-order valence-electron chi connectivity index (χ1n) is 7.18. The Morgan fingerprint density at radius 1 is 1.35 bits per heavy atom. The number of hydrogen-bond acceptors (Lipinski definition) is 5. The van der Waals surface area contributed by atoms with E-state index in [1.165, 1.54) is 22.2 Å². The molecule has 8 nitrogen and oxygen atoms in total. The van der Waals surface area contributed by atoms with Crippen LogP contribution in [0.5, 0.6) is 0 Å². The van der Waals surface area contributed by atoms with Gasteiger partial charge in [-0.15, -0.1) is 0 Å². The molecule has 1 aromatic heterocycles. The van der Waals surface area contributed by atoms with Crippen molar-refractivity contribution >= 4 is 23.4 Å². The van der Waals surface area contributed by atoms with Crippen LogP contribution in [-0.4, -0.2) is 40.4 Å². The summed E-state index contributed by atoms with van der Waals surface area (Å²) in [6.45, 7) is 3.80. The van der Waals surface area contributed by atoms with Gasteiger partial charge < -0.3 is 10.1 Å². The molecule has 23 heavy (non-hydrogen) atoms. The minimum atomic E-state index is -0.473. The normalized spacial score (nSPS) is 11.6. The second kappa shape index (κ2) is 7.39. The lowest BCUT2D eigenvalue weighted by Gasteiger charge is -2.17. The minimum Gasteiger partial charge on any atom is -0.449 e. The Balaban J connectivity index is 2.00. The monoisotopic (exact) mass is 317 g/mol. The first-order chi connectivity index (χ1) is 11.0. The van der Waals surface area contributed by atoms with Crippen LogP contribution in [0, 0.1) is 0 Å². The summed E-state index contributed by atoms with van der Waals surface area (Å²) in [4.78, 5) is 29.0. The Hall–Kier alpha value is -2.90. The van der Waals surface area contributed by atoms with Crippen molar-refractivity contribution in [1.82, 2.24) is 14.8 Å². The average molecular weight is 317 g/mol. The highest BCUT2D eigenvalue weighted by molar-refractivity contribution is 5.94. The van der Waals surface area contributed by atoms with Crippen LogP contribution in [0.4, 0.5) is 16.2 Å². The second-order valence-electron chi connectivity index (χ2n) is 4.85. The maximum atomic E-state index is 12.1. The van der Waals surface area contributed by atoms with Gasteiger partial charge in [-0.25, -0.2) is 14.5 Å². The van der Waals surface area contributed by atoms with E-state index in [-0.39, 0.29) is 5.91 Å². The number of carbonyl (C=O) groups is 2.